The minimum Gasteiger partial charge on any atom is -0.502 e. The number of ether oxygens (including phenoxy) is 2. The summed E-state index contributed by atoms with van der Waals surface area (Å²) in [7, 11) is 0. The van der Waals surface area contributed by atoms with Crippen LogP contribution >= 0.6 is 0 Å². The predicted octanol–water partition coefficient (Wildman–Crippen LogP) is 4.74. The second kappa shape index (κ2) is 6.91. The normalized spacial score (nSPS) is 31.4. The molecule has 0 aromatic heterocycles. The maximum absolute atomic E-state index is 12.2. The predicted molar refractivity (Wildman–Crippen MR) is 111 cm³/mol. The first-order chi connectivity index (χ1) is 13.6. The number of aromatic hydroxyl groups is 2. The molecule has 4 rings (SSSR count). The summed E-state index contributed by atoms with van der Waals surface area (Å²) in [4.78, 5) is 12.2. The number of hydrogen-bond donors (Lipinski definition) is 2. The molecular formula is C24H29O5. The summed E-state index contributed by atoms with van der Waals surface area (Å²) in [5, 5.41) is 20.7. The van der Waals surface area contributed by atoms with Crippen molar-refractivity contribution in [2.24, 2.45) is 11.3 Å². The third-order valence-corrected chi connectivity index (χ3v) is 6.44. The van der Waals surface area contributed by atoms with Crippen molar-refractivity contribution in [3.63, 3.8) is 0 Å². The van der Waals surface area contributed by atoms with Crippen LogP contribution in [0.5, 0.6) is 17.2 Å². The lowest BCUT2D eigenvalue weighted by atomic mass is 9.74. The molecule has 0 saturated heterocycles. The minimum atomic E-state index is -0.678. The van der Waals surface area contributed by atoms with Crippen LogP contribution in [0.25, 0.3) is 0 Å². The molecule has 0 bridgehead atoms. The Bertz CT molecular complexity index is 959. The number of fused-ring (bicyclic) bond motifs is 2. The molecule has 0 fully saturated rings. The van der Waals surface area contributed by atoms with Gasteiger partial charge in [0.15, 0.2) is 5.75 Å². The molecule has 1 aromatic carbocycles. The van der Waals surface area contributed by atoms with Gasteiger partial charge in [0.25, 0.3) is 0 Å². The van der Waals surface area contributed by atoms with Gasteiger partial charge in [0, 0.05) is 17.9 Å². The summed E-state index contributed by atoms with van der Waals surface area (Å²) in [5.74, 6) is -1.05. The molecule has 1 radical (unpaired) electrons. The van der Waals surface area contributed by atoms with Crippen LogP contribution in [0.4, 0.5) is 0 Å². The van der Waals surface area contributed by atoms with Crippen LogP contribution < -0.4 is 10.2 Å². The van der Waals surface area contributed by atoms with E-state index in [1.54, 1.807) is 0 Å². The van der Waals surface area contributed by atoms with Crippen LogP contribution in [0.15, 0.2) is 34.7 Å². The van der Waals surface area contributed by atoms with Crippen molar-refractivity contribution in [1.29, 1.82) is 0 Å². The fourth-order valence-electron chi connectivity index (χ4n) is 4.57. The molecule has 2 N–H and O–H groups in total. The van der Waals surface area contributed by atoms with Gasteiger partial charge in [-0.2, -0.15) is 0 Å². The first-order valence-electron chi connectivity index (χ1n) is 10.3. The zero-order valence-electron chi connectivity index (χ0n) is 17.5. The van der Waals surface area contributed by atoms with Gasteiger partial charge in [-0.05, 0) is 50.2 Å². The van der Waals surface area contributed by atoms with Gasteiger partial charge >= 0.3 is 0 Å². The van der Waals surface area contributed by atoms with E-state index < -0.39 is 22.5 Å². The van der Waals surface area contributed by atoms with Crippen molar-refractivity contribution >= 4 is 0 Å². The topological polar surface area (TPSA) is 76.0 Å². The van der Waals surface area contributed by atoms with Gasteiger partial charge in [0.2, 0.25) is 16.9 Å². The molecule has 29 heavy (non-hydrogen) atoms. The number of allylic oxidation sites excluding steroid dienone is 3. The number of rotatable bonds is 0. The largest absolute Gasteiger partial charge is 0.502 e. The molecule has 3 aliphatic rings. The van der Waals surface area contributed by atoms with E-state index in [0.717, 1.165) is 25.4 Å². The van der Waals surface area contributed by atoms with E-state index in [1.165, 1.54) is 11.6 Å². The van der Waals surface area contributed by atoms with Crippen LogP contribution in [0.1, 0.15) is 64.5 Å². The highest BCUT2D eigenvalue weighted by Crippen LogP contribution is 2.56. The highest BCUT2D eigenvalue weighted by atomic mass is 16.5. The molecule has 155 valence electrons. The lowest BCUT2D eigenvalue weighted by molar-refractivity contribution is -0.0262. The molecule has 0 amide bonds. The van der Waals surface area contributed by atoms with Crippen molar-refractivity contribution in [3.8, 4) is 17.2 Å². The summed E-state index contributed by atoms with van der Waals surface area (Å²) >= 11 is 0. The summed E-state index contributed by atoms with van der Waals surface area (Å²) in [5.41, 5.74) is 1.36. The van der Waals surface area contributed by atoms with E-state index in [2.05, 4.69) is 39.0 Å². The monoisotopic (exact) mass is 397 g/mol. The van der Waals surface area contributed by atoms with Gasteiger partial charge in [0.1, 0.15) is 11.7 Å². The van der Waals surface area contributed by atoms with Crippen molar-refractivity contribution in [1.82, 2.24) is 0 Å². The van der Waals surface area contributed by atoms with E-state index >= 15 is 0 Å². The van der Waals surface area contributed by atoms with Gasteiger partial charge in [-0.3, -0.25) is 4.79 Å². The molecule has 2 aliphatic heterocycles. The van der Waals surface area contributed by atoms with Crippen molar-refractivity contribution in [2.75, 3.05) is 0 Å². The maximum atomic E-state index is 12.2. The summed E-state index contributed by atoms with van der Waals surface area (Å²) in [6.07, 6.45) is 10.8. The molecule has 5 heteroatoms. The summed E-state index contributed by atoms with van der Waals surface area (Å²) < 4.78 is 12.5. The highest BCUT2D eigenvalue weighted by molar-refractivity contribution is 5.62. The van der Waals surface area contributed by atoms with E-state index in [9.17, 15) is 15.0 Å². The first kappa shape index (κ1) is 20.0. The second-order valence-corrected chi connectivity index (χ2v) is 9.44. The molecule has 0 saturated carbocycles. The van der Waals surface area contributed by atoms with Crippen LogP contribution in [0, 0.1) is 17.4 Å². The standard InChI is InChI=1S/C24H29O5/c1-14-6-7-16-21-18-15(13-28-21)12-17(25)19(26)20(27)22(18)29-24(16,4)10-5-9-23(2,3)11-8-14/h5,8-9,12,16H,6-7,10-11,13H2,1-4H3,(H2,25,26,27)/b9-5-,14-8+/t16-,24+/m0/s1. The molecule has 0 spiro atoms. The molecule has 2 heterocycles. The molecule has 1 aromatic rings. The minimum absolute atomic E-state index is 0.0236. The van der Waals surface area contributed by atoms with Gasteiger partial charge in [-0.15, -0.1) is 0 Å². The van der Waals surface area contributed by atoms with Crippen molar-refractivity contribution < 1.29 is 19.7 Å². The zero-order chi connectivity index (χ0) is 21.0. The van der Waals surface area contributed by atoms with Crippen LogP contribution in [-0.4, -0.2) is 15.8 Å². The first-order valence-corrected chi connectivity index (χ1v) is 10.3. The molecular weight excluding hydrogens is 368 g/mol. The number of hydrogen-bond acceptors (Lipinski definition) is 5. The Morgan fingerprint density at radius 2 is 1.90 bits per heavy atom. The fourth-order valence-corrected chi connectivity index (χ4v) is 4.57. The lowest BCUT2D eigenvalue weighted by Crippen LogP contribution is -2.47. The van der Waals surface area contributed by atoms with Gasteiger partial charge in [0.05, 0.1) is 6.61 Å². The Morgan fingerprint density at radius 1 is 1.14 bits per heavy atom. The van der Waals surface area contributed by atoms with Crippen LogP contribution in [-0.2, 0) is 11.3 Å². The molecule has 0 unspecified atom stereocenters. The van der Waals surface area contributed by atoms with Crippen molar-refractivity contribution in [3.05, 3.63) is 57.3 Å². The average molecular weight is 397 g/mol. The molecule has 1 aliphatic carbocycles. The smallest absolute Gasteiger partial charge is 0.224 e. The third kappa shape index (κ3) is 3.46. The van der Waals surface area contributed by atoms with Gasteiger partial charge in [-0.25, -0.2) is 0 Å². The third-order valence-electron chi connectivity index (χ3n) is 6.44. The highest BCUT2D eigenvalue weighted by Gasteiger charge is 2.51. The Morgan fingerprint density at radius 3 is 2.66 bits per heavy atom. The Hall–Kier alpha value is -2.27. The van der Waals surface area contributed by atoms with Gasteiger partial charge in [-0.1, -0.05) is 37.6 Å². The SMILES string of the molecule is C/C1=C\CC(C)(C)/C=C\C[C@@]2(C)Oc3c(O)c(O)c(=O)cc4c3[C](OC4)[C@@H]2CC1. The summed E-state index contributed by atoms with van der Waals surface area (Å²) in [6.45, 7) is 8.84. The van der Waals surface area contributed by atoms with Crippen LogP contribution in [0.3, 0.4) is 0 Å². The quantitative estimate of drug-likeness (QED) is 0.619. The van der Waals surface area contributed by atoms with E-state index in [0.29, 0.717) is 17.5 Å². The average Bonchev–Trinajstić information content (AvgIpc) is 3.02. The van der Waals surface area contributed by atoms with Gasteiger partial charge < -0.3 is 19.7 Å². The fraction of sp³-hybridized carbons (Fsp3) is 0.500. The van der Waals surface area contributed by atoms with Crippen molar-refractivity contribution in [2.45, 2.75) is 65.6 Å². The Labute approximate surface area is 171 Å². The summed E-state index contributed by atoms with van der Waals surface area (Å²) in [6, 6.07) is 1.34. The lowest BCUT2D eigenvalue weighted by Gasteiger charge is -2.44. The Kier molecular flexibility index (Phi) is 4.77. The zero-order valence-corrected chi connectivity index (χ0v) is 17.5. The van der Waals surface area contributed by atoms with E-state index in [-0.39, 0.29) is 23.7 Å². The van der Waals surface area contributed by atoms with Crippen LogP contribution in [0.2, 0.25) is 0 Å². The molecule has 5 nitrogen and oxygen atoms in total. The molecule has 2 atom stereocenters. The second-order valence-electron chi connectivity index (χ2n) is 9.44. The maximum Gasteiger partial charge on any atom is 0.224 e. The van der Waals surface area contributed by atoms with E-state index in [4.69, 9.17) is 9.47 Å². The Balaban J connectivity index is 1.86. The van der Waals surface area contributed by atoms with E-state index in [1.807, 2.05) is 6.92 Å².